The first-order chi connectivity index (χ1) is 13.2. The number of urea groups is 1. The van der Waals surface area contributed by atoms with Gasteiger partial charge >= 0.3 is 6.03 Å². The van der Waals surface area contributed by atoms with Crippen LogP contribution in [0, 0.1) is 0 Å². The van der Waals surface area contributed by atoms with Crippen molar-refractivity contribution in [3.8, 4) is 0 Å². The van der Waals surface area contributed by atoms with Gasteiger partial charge in [0.1, 0.15) is 0 Å². The molecule has 0 atom stereocenters. The quantitative estimate of drug-likeness (QED) is 0.482. The van der Waals surface area contributed by atoms with Gasteiger partial charge < -0.3 is 10.6 Å². The Hall–Kier alpha value is -2.43. The minimum atomic E-state index is -0.556. The van der Waals surface area contributed by atoms with Crippen molar-refractivity contribution in [3.63, 3.8) is 0 Å². The van der Waals surface area contributed by atoms with E-state index in [2.05, 4.69) is 37.6 Å². The number of hydrogen-bond acceptors (Lipinski definition) is 8. The van der Waals surface area contributed by atoms with E-state index >= 15 is 0 Å². The highest BCUT2D eigenvalue weighted by molar-refractivity contribution is 8.01. The van der Waals surface area contributed by atoms with E-state index in [0.717, 1.165) is 18.1 Å². The molecule has 1 aromatic carbocycles. The van der Waals surface area contributed by atoms with Crippen molar-refractivity contribution in [2.75, 3.05) is 22.9 Å². The van der Waals surface area contributed by atoms with Crippen molar-refractivity contribution in [1.82, 2.24) is 15.5 Å². The molecule has 3 N–H and O–H groups in total. The molecule has 0 aliphatic carbocycles. The van der Waals surface area contributed by atoms with Gasteiger partial charge in [-0.1, -0.05) is 47.4 Å². The van der Waals surface area contributed by atoms with Crippen molar-refractivity contribution in [1.29, 1.82) is 0 Å². The van der Waals surface area contributed by atoms with Gasteiger partial charge in [-0.2, -0.15) is 0 Å². The smallest absolute Gasteiger partial charge is 0.325 e. The zero-order valence-electron chi connectivity index (χ0n) is 14.2. The lowest BCUT2D eigenvalue weighted by atomic mass is 10.3. The molecule has 10 heteroatoms. The number of anilines is 2. The molecule has 0 fully saturated rings. The first-order valence-corrected chi connectivity index (χ1v) is 10.8. The van der Waals surface area contributed by atoms with Crippen LogP contribution < -0.4 is 16.0 Å². The highest BCUT2D eigenvalue weighted by atomic mass is 32.2. The number of hydrogen-bond donors (Lipinski definition) is 3. The van der Waals surface area contributed by atoms with Gasteiger partial charge in [0, 0.05) is 17.1 Å². The fourth-order valence-corrected chi connectivity index (χ4v) is 4.35. The molecule has 3 aromatic rings. The summed E-state index contributed by atoms with van der Waals surface area (Å²) < 4.78 is 0.673. The summed E-state index contributed by atoms with van der Waals surface area (Å²) in [6.07, 6.45) is 0.929. The zero-order chi connectivity index (χ0) is 18.9. The fraction of sp³-hybridized carbons (Fsp3) is 0.176. The van der Waals surface area contributed by atoms with Crippen LogP contribution in [0.5, 0.6) is 0 Å². The van der Waals surface area contributed by atoms with Crippen molar-refractivity contribution in [2.24, 2.45) is 0 Å². The second kappa shape index (κ2) is 10.0. The van der Waals surface area contributed by atoms with E-state index in [1.807, 2.05) is 12.1 Å². The molecule has 0 saturated heterocycles. The predicted molar refractivity (Wildman–Crippen MR) is 111 cm³/mol. The molecule has 7 nitrogen and oxygen atoms in total. The van der Waals surface area contributed by atoms with Crippen LogP contribution in [-0.4, -0.2) is 34.4 Å². The number of carbonyl (C=O) groups is 2. The van der Waals surface area contributed by atoms with Crippen LogP contribution in [0.15, 0.2) is 52.2 Å². The van der Waals surface area contributed by atoms with Gasteiger partial charge in [0.05, 0.1) is 5.75 Å². The Morgan fingerprint density at radius 2 is 1.93 bits per heavy atom. The summed E-state index contributed by atoms with van der Waals surface area (Å²) in [5.41, 5.74) is 0.623. The van der Waals surface area contributed by atoms with Gasteiger partial charge in [0.2, 0.25) is 11.0 Å². The Balaban J connectivity index is 1.36. The van der Waals surface area contributed by atoms with E-state index in [0.29, 0.717) is 10.0 Å². The molecule has 2 aromatic heterocycles. The number of amides is 3. The largest absolute Gasteiger partial charge is 0.360 e. The molecular weight excluding hydrogens is 402 g/mol. The maximum Gasteiger partial charge on any atom is 0.325 e. The van der Waals surface area contributed by atoms with E-state index in [9.17, 15) is 9.59 Å². The van der Waals surface area contributed by atoms with Crippen molar-refractivity contribution < 1.29 is 9.59 Å². The van der Waals surface area contributed by atoms with Crippen LogP contribution in [0.2, 0.25) is 0 Å². The number of benzene rings is 1. The van der Waals surface area contributed by atoms with Gasteiger partial charge in [0.25, 0.3) is 0 Å². The molecule has 2 heterocycles. The number of thioether (sulfide) groups is 1. The number of rotatable bonds is 8. The average Bonchev–Trinajstić information content (AvgIpc) is 3.33. The minimum absolute atomic E-state index is 0.0893. The summed E-state index contributed by atoms with van der Waals surface area (Å²) in [4.78, 5) is 25.0. The third-order valence-corrected chi connectivity index (χ3v) is 6.20. The molecule has 0 radical (unpaired) electrons. The molecule has 3 amide bonds. The number of nitrogens with zero attached hydrogens (tertiary/aromatic N) is 2. The third kappa shape index (κ3) is 6.66. The summed E-state index contributed by atoms with van der Waals surface area (Å²) in [6, 6.07) is 12.5. The van der Waals surface area contributed by atoms with Crippen molar-refractivity contribution in [2.45, 2.75) is 10.8 Å². The Morgan fingerprint density at radius 1 is 1.07 bits per heavy atom. The minimum Gasteiger partial charge on any atom is -0.360 e. The van der Waals surface area contributed by atoms with Gasteiger partial charge in [-0.3, -0.25) is 10.1 Å². The van der Waals surface area contributed by atoms with Gasteiger partial charge in [-0.25, -0.2) is 4.79 Å². The van der Waals surface area contributed by atoms with Gasteiger partial charge in [-0.05, 0) is 30.0 Å². The number of nitrogens with one attached hydrogen (secondary N) is 3. The van der Waals surface area contributed by atoms with Crippen LogP contribution in [0.1, 0.15) is 4.88 Å². The summed E-state index contributed by atoms with van der Waals surface area (Å²) in [6.45, 7) is 0.778. The first-order valence-electron chi connectivity index (χ1n) is 8.07. The Bertz CT molecular complexity index is 868. The molecule has 0 spiro atoms. The van der Waals surface area contributed by atoms with Crippen LogP contribution in [0.4, 0.5) is 15.6 Å². The number of carbonyl (C=O) groups excluding carboxylic acids is 2. The Kier molecular flexibility index (Phi) is 7.19. The monoisotopic (exact) mass is 419 g/mol. The molecule has 0 saturated carbocycles. The molecule has 0 aliphatic rings. The molecule has 0 bridgehead atoms. The van der Waals surface area contributed by atoms with E-state index in [-0.39, 0.29) is 5.75 Å². The van der Waals surface area contributed by atoms with E-state index in [1.165, 1.54) is 28.0 Å². The number of para-hydroxylation sites is 1. The number of aromatic nitrogens is 2. The van der Waals surface area contributed by atoms with Crippen molar-refractivity contribution in [3.05, 3.63) is 52.7 Å². The molecular formula is C17H17N5O2S3. The summed E-state index contributed by atoms with van der Waals surface area (Å²) in [5.74, 6) is -0.303. The van der Waals surface area contributed by atoms with E-state index in [1.54, 1.807) is 35.6 Å². The number of imide groups is 1. The molecule has 27 heavy (non-hydrogen) atoms. The van der Waals surface area contributed by atoms with Crippen molar-refractivity contribution >= 4 is 57.2 Å². The van der Waals surface area contributed by atoms with Crippen LogP contribution in [-0.2, 0) is 11.2 Å². The first kappa shape index (κ1) is 19.3. The van der Waals surface area contributed by atoms with Gasteiger partial charge in [-0.15, -0.1) is 21.5 Å². The van der Waals surface area contributed by atoms with Crippen LogP contribution in [0.25, 0.3) is 0 Å². The zero-order valence-corrected chi connectivity index (χ0v) is 16.6. The van der Waals surface area contributed by atoms with E-state index in [4.69, 9.17) is 0 Å². The molecule has 0 unspecified atom stereocenters. The second-order valence-corrected chi connectivity index (χ2v) is 8.52. The maximum atomic E-state index is 11.9. The molecule has 3 rings (SSSR count). The summed E-state index contributed by atoms with van der Waals surface area (Å²) in [5, 5.41) is 19.0. The van der Waals surface area contributed by atoms with Crippen LogP contribution >= 0.6 is 34.4 Å². The topological polar surface area (TPSA) is 96.0 Å². The SMILES string of the molecule is O=C(CSc1nnc(NCCc2cccs2)s1)NC(=O)Nc1ccccc1. The standard InChI is InChI=1S/C17H17N5O2S3/c23-14(20-15(24)19-12-5-2-1-3-6-12)11-26-17-22-21-16(27-17)18-9-8-13-7-4-10-25-13/h1-7,10H,8-9,11H2,(H,18,21)(H2,19,20,23,24). The Labute approximate surface area is 168 Å². The summed E-state index contributed by atoms with van der Waals surface area (Å²) >= 11 is 4.36. The molecule has 0 aliphatic heterocycles. The lowest BCUT2D eigenvalue weighted by Gasteiger charge is -2.05. The average molecular weight is 420 g/mol. The second-order valence-electron chi connectivity index (χ2n) is 5.29. The normalized spacial score (nSPS) is 10.4. The molecule has 140 valence electrons. The summed E-state index contributed by atoms with van der Waals surface area (Å²) in [7, 11) is 0. The fourth-order valence-electron chi connectivity index (χ4n) is 2.06. The lowest BCUT2D eigenvalue weighted by molar-refractivity contribution is -0.117. The van der Waals surface area contributed by atoms with E-state index < -0.39 is 11.9 Å². The Morgan fingerprint density at radius 3 is 2.70 bits per heavy atom. The number of thiophene rings is 1. The predicted octanol–water partition coefficient (Wildman–Crippen LogP) is 3.69. The third-order valence-electron chi connectivity index (χ3n) is 3.25. The lowest BCUT2D eigenvalue weighted by Crippen LogP contribution is -2.35. The van der Waals surface area contributed by atoms with Crippen LogP contribution in [0.3, 0.4) is 0 Å². The van der Waals surface area contributed by atoms with Gasteiger partial charge in [0.15, 0.2) is 4.34 Å². The highest BCUT2D eigenvalue weighted by Gasteiger charge is 2.11. The highest BCUT2D eigenvalue weighted by Crippen LogP contribution is 2.25. The maximum absolute atomic E-state index is 11.9.